The maximum atomic E-state index is 12.5. The molecule has 1 aromatic carbocycles. The number of carbonyl (C=O) groups excluding carboxylic acids is 1. The summed E-state index contributed by atoms with van der Waals surface area (Å²) in [6, 6.07) is 6.23. The zero-order valence-electron chi connectivity index (χ0n) is 12.5. The summed E-state index contributed by atoms with van der Waals surface area (Å²) < 4.78 is 6.06. The van der Waals surface area contributed by atoms with E-state index >= 15 is 0 Å². The van der Waals surface area contributed by atoms with Crippen LogP contribution in [-0.4, -0.2) is 36.9 Å². The fourth-order valence-electron chi connectivity index (χ4n) is 3.81. The van der Waals surface area contributed by atoms with Gasteiger partial charge in [0.25, 0.3) is 0 Å². The van der Waals surface area contributed by atoms with Gasteiger partial charge in [-0.3, -0.25) is 9.69 Å². The quantitative estimate of drug-likeness (QED) is 0.770. The Balaban J connectivity index is 1.67. The molecule has 2 unspecified atom stereocenters. The maximum Gasteiger partial charge on any atom is 0.176 e. The van der Waals surface area contributed by atoms with Crippen LogP contribution in [0.2, 0.25) is 0 Å². The van der Waals surface area contributed by atoms with Crippen LogP contribution in [0.1, 0.15) is 42.5 Å². The zero-order valence-corrected chi connectivity index (χ0v) is 14.1. The van der Waals surface area contributed by atoms with Crippen LogP contribution in [0.5, 0.6) is 5.75 Å². The predicted octanol–water partition coefficient (Wildman–Crippen LogP) is 3.90. The second-order valence-electron chi connectivity index (χ2n) is 6.14. The number of hydrogen-bond acceptors (Lipinski definition) is 3. The fourth-order valence-corrected chi connectivity index (χ4v) is 4.36. The Morgan fingerprint density at radius 2 is 2.14 bits per heavy atom. The van der Waals surface area contributed by atoms with Crippen LogP contribution < -0.4 is 4.74 Å². The van der Waals surface area contributed by atoms with E-state index in [1.54, 1.807) is 7.11 Å². The number of hydrogen-bond donors (Lipinski definition) is 0. The molecule has 0 bridgehead atoms. The number of halogens is 1. The highest BCUT2D eigenvalue weighted by Crippen LogP contribution is 2.36. The second kappa shape index (κ2) is 6.49. The largest absolute Gasteiger partial charge is 0.496 e. The lowest BCUT2D eigenvalue weighted by molar-refractivity contribution is 0.0895. The van der Waals surface area contributed by atoms with Gasteiger partial charge in [-0.15, -0.1) is 0 Å². The van der Waals surface area contributed by atoms with E-state index in [-0.39, 0.29) is 5.78 Å². The number of benzene rings is 1. The van der Waals surface area contributed by atoms with Crippen LogP contribution in [0.15, 0.2) is 22.7 Å². The van der Waals surface area contributed by atoms with E-state index in [4.69, 9.17) is 4.74 Å². The molecule has 2 aliphatic rings. The van der Waals surface area contributed by atoms with Crippen molar-refractivity contribution in [1.82, 2.24) is 4.90 Å². The van der Waals surface area contributed by atoms with Crippen molar-refractivity contribution in [3.8, 4) is 5.75 Å². The second-order valence-corrected chi connectivity index (χ2v) is 7.00. The van der Waals surface area contributed by atoms with Crippen LogP contribution in [-0.2, 0) is 0 Å². The van der Waals surface area contributed by atoms with Gasteiger partial charge in [-0.2, -0.15) is 0 Å². The Morgan fingerprint density at radius 3 is 2.90 bits per heavy atom. The number of likely N-dealkylation sites (tertiary alicyclic amines) is 1. The highest BCUT2D eigenvalue weighted by molar-refractivity contribution is 9.10. The number of nitrogens with zero attached hydrogens (tertiary/aromatic N) is 1. The molecule has 1 saturated heterocycles. The fraction of sp³-hybridized carbons (Fsp3) is 0.588. The number of ether oxygens (including phenoxy) is 1. The molecule has 1 heterocycles. The minimum atomic E-state index is 0.213. The molecule has 0 aromatic heterocycles. The summed E-state index contributed by atoms with van der Waals surface area (Å²) >= 11 is 3.45. The number of Topliss-reactive ketones (excluding diaryl/α,β-unsaturated/α-hetero) is 1. The average molecular weight is 352 g/mol. The van der Waals surface area contributed by atoms with Gasteiger partial charge in [-0.1, -0.05) is 12.8 Å². The van der Waals surface area contributed by atoms with Crippen molar-refractivity contribution in [2.24, 2.45) is 5.92 Å². The van der Waals surface area contributed by atoms with E-state index in [9.17, 15) is 4.79 Å². The first-order chi connectivity index (χ1) is 10.2. The van der Waals surface area contributed by atoms with Crippen LogP contribution in [0.4, 0.5) is 0 Å². The number of ketones is 1. The normalized spacial score (nSPS) is 25.6. The maximum absolute atomic E-state index is 12.5. The topological polar surface area (TPSA) is 29.5 Å². The summed E-state index contributed by atoms with van der Waals surface area (Å²) in [6.07, 6.45) is 6.58. The van der Waals surface area contributed by atoms with Gasteiger partial charge in [0.2, 0.25) is 0 Å². The van der Waals surface area contributed by atoms with Crippen LogP contribution in [0.25, 0.3) is 0 Å². The molecule has 114 valence electrons. The average Bonchev–Trinajstić information content (AvgIpc) is 2.90. The van der Waals surface area contributed by atoms with E-state index in [1.165, 1.54) is 32.1 Å². The van der Waals surface area contributed by atoms with Gasteiger partial charge in [0.15, 0.2) is 5.78 Å². The lowest BCUT2D eigenvalue weighted by atomic mass is 9.85. The van der Waals surface area contributed by atoms with Crippen molar-refractivity contribution in [3.63, 3.8) is 0 Å². The monoisotopic (exact) mass is 351 g/mol. The molecule has 1 aromatic rings. The third-order valence-electron chi connectivity index (χ3n) is 4.95. The van der Waals surface area contributed by atoms with E-state index < -0.39 is 0 Å². The molecule has 1 aliphatic carbocycles. The Kier molecular flexibility index (Phi) is 4.65. The van der Waals surface area contributed by atoms with Gasteiger partial charge in [-0.25, -0.2) is 0 Å². The third-order valence-corrected chi connectivity index (χ3v) is 5.57. The lowest BCUT2D eigenvalue weighted by Crippen LogP contribution is -2.38. The Hall–Kier alpha value is -0.870. The van der Waals surface area contributed by atoms with E-state index in [0.717, 1.165) is 28.2 Å². The molecule has 0 amide bonds. The minimum absolute atomic E-state index is 0.213. The van der Waals surface area contributed by atoms with Crippen molar-refractivity contribution in [2.45, 2.75) is 38.1 Å². The molecule has 0 spiro atoms. The van der Waals surface area contributed by atoms with Gasteiger partial charge in [0.1, 0.15) is 5.75 Å². The van der Waals surface area contributed by atoms with E-state index in [0.29, 0.717) is 12.6 Å². The zero-order chi connectivity index (χ0) is 14.8. The molecule has 3 rings (SSSR count). The first kappa shape index (κ1) is 15.0. The molecule has 2 atom stereocenters. The molecule has 1 saturated carbocycles. The summed E-state index contributed by atoms with van der Waals surface area (Å²) in [5.41, 5.74) is 0.766. The Bertz CT molecular complexity index is 532. The Labute approximate surface area is 134 Å². The summed E-state index contributed by atoms with van der Waals surface area (Å²) in [5.74, 6) is 1.80. The van der Waals surface area contributed by atoms with Crippen molar-refractivity contribution in [3.05, 3.63) is 28.2 Å². The Morgan fingerprint density at radius 1 is 1.33 bits per heavy atom. The molecular weight excluding hydrogens is 330 g/mol. The van der Waals surface area contributed by atoms with Gasteiger partial charge in [0.05, 0.1) is 18.1 Å². The smallest absolute Gasteiger partial charge is 0.176 e. The molecule has 2 fully saturated rings. The highest BCUT2D eigenvalue weighted by atomic mass is 79.9. The summed E-state index contributed by atoms with van der Waals surface area (Å²) in [4.78, 5) is 14.9. The number of carbonyl (C=O) groups is 1. The lowest BCUT2D eigenvalue weighted by Gasteiger charge is -2.31. The summed E-state index contributed by atoms with van der Waals surface area (Å²) in [5, 5.41) is 0. The van der Waals surface area contributed by atoms with Gasteiger partial charge < -0.3 is 4.74 Å². The van der Waals surface area contributed by atoms with E-state index in [1.807, 2.05) is 18.2 Å². The summed E-state index contributed by atoms with van der Waals surface area (Å²) in [7, 11) is 1.63. The van der Waals surface area contributed by atoms with Crippen LogP contribution in [0.3, 0.4) is 0 Å². The van der Waals surface area contributed by atoms with Crippen molar-refractivity contribution >= 4 is 21.7 Å². The molecule has 0 N–H and O–H groups in total. The van der Waals surface area contributed by atoms with Gasteiger partial charge in [0, 0.05) is 11.6 Å². The molecule has 0 radical (unpaired) electrons. The van der Waals surface area contributed by atoms with Crippen molar-refractivity contribution in [2.75, 3.05) is 20.2 Å². The molecular formula is C17H22BrNO2. The van der Waals surface area contributed by atoms with Gasteiger partial charge in [-0.05, 0) is 65.9 Å². The molecule has 21 heavy (non-hydrogen) atoms. The standard InChI is InChI=1S/C17H22BrNO2/c1-21-17-7-6-13(10-14(17)18)16(20)11-19-9-8-12-4-2-3-5-15(12)19/h6-7,10,12,15H,2-5,8-9,11H2,1H3. The van der Waals surface area contributed by atoms with Gasteiger partial charge >= 0.3 is 0 Å². The number of rotatable bonds is 4. The van der Waals surface area contributed by atoms with Crippen LogP contribution >= 0.6 is 15.9 Å². The van der Waals surface area contributed by atoms with Crippen molar-refractivity contribution in [1.29, 1.82) is 0 Å². The SMILES string of the molecule is COc1ccc(C(=O)CN2CCC3CCCCC32)cc1Br. The van der Waals surface area contributed by atoms with Crippen LogP contribution in [0, 0.1) is 5.92 Å². The van der Waals surface area contributed by atoms with E-state index in [2.05, 4.69) is 20.8 Å². The predicted molar refractivity (Wildman–Crippen MR) is 87.0 cm³/mol. The first-order valence-electron chi connectivity index (χ1n) is 7.80. The molecule has 3 nitrogen and oxygen atoms in total. The molecule has 1 aliphatic heterocycles. The molecule has 4 heteroatoms. The third kappa shape index (κ3) is 3.16. The number of fused-ring (bicyclic) bond motifs is 1. The first-order valence-corrected chi connectivity index (χ1v) is 8.59. The van der Waals surface area contributed by atoms with Crippen molar-refractivity contribution < 1.29 is 9.53 Å². The summed E-state index contributed by atoms with van der Waals surface area (Å²) in [6.45, 7) is 1.64. The number of methoxy groups -OCH3 is 1. The minimum Gasteiger partial charge on any atom is -0.496 e. The highest BCUT2D eigenvalue weighted by Gasteiger charge is 2.36.